The predicted octanol–water partition coefficient (Wildman–Crippen LogP) is 1.04. The number of pyridine rings is 1. The Labute approximate surface area is 85.0 Å². The van der Waals surface area contributed by atoms with Gasteiger partial charge in [0.2, 0.25) is 0 Å². The van der Waals surface area contributed by atoms with E-state index in [1.807, 2.05) is 12.1 Å². The van der Waals surface area contributed by atoms with Gasteiger partial charge in [0.25, 0.3) is 0 Å². The third-order valence-corrected chi connectivity index (χ3v) is 1.88. The zero-order valence-corrected chi connectivity index (χ0v) is 8.37. The highest BCUT2D eigenvalue weighted by Crippen LogP contribution is 2.02. The van der Waals surface area contributed by atoms with Gasteiger partial charge in [-0.25, -0.2) is 0 Å². The summed E-state index contributed by atoms with van der Waals surface area (Å²) in [4.78, 5) is 3.88. The van der Waals surface area contributed by atoms with Crippen LogP contribution in [-0.2, 0) is 15.5 Å². The first-order chi connectivity index (χ1) is 6.79. The summed E-state index contributed by atoms with van der Waals surface area (Å²) in [5.41, 5.74) is 0.977. The second-order valence-corrected chi connectivity index (χ2v) is 3.23. The van der Waals surface area contributed by atoms with Crippen molar-refractivity contribution in [2.24, 2.45) is 0 Å². The second-order valence-electron chi connectivity index (χ2n) is 2.56. The molecule has 2 N–H and O–H groups in total. The molecule has 14 heavy (non-hydrogen) atoms. The first-order valence-electron chi connectivity index (χ1n) is 4.17. The van der Waals surface area contributed by atoms with E-state index in [0.29, 0.717) is 13.0 Å². The Hall–Kier alpha value is -0.980. The zero-order valence-electron chi connectivity index (χ0n) is 7.55. The minimum atomic E-state index is -2.15. The molecule has 1 aromatic heterocycles. The molecule has 0 saturated heterocycles. The van der Waals surface area contributed by atoms with Crippen molar-refractivity contribution in [3.05, 3.63) is 24.5 Å². The van der Waals surface area contributed by atoms with E-state index in [1.165, 1.54) is 0 Å². The Bertz CT molecular complexity index is 281. The summed E-state index contributed by atoms with van der Waals surface area (Å²) in [7, 11) is 0. The molecular formula is C8H12N2O3S. The third-order valence-electron chi connectivity index (χ3n) is 1.51. The number of hydrogen-bond acceptors (Lipinski definition) is 4. The van der Waals surface area contributed by atoms with Gasteiger partial charge in [-0.2, -0.15) is 4.21 Å². The normalized spacial score (nSPS) is 12.4. The summed E-state index contributed by atoms with van der Waals surface area (Å²) >= 11 is -2.15. The van der Waals surface area contributed by atoms with Gasteiger partial charge in [-0.15, -0.1) is 0 Å². The standard InChI is InChI=1S/C8H12N2O3S/c11-14(12)13-7-1-4-10-8-2-5-9-6-3-8/h2-3,5-6H,1,4,7H2,(H,9,10)(H,11,12). The van der Waals surface area contributed by atoms with Crippen molar-refractivity contribution in [1.29, 1.82) is 0 Å². The Kier molecular flexibility index (Phi) is 5.13. The molecule has 1 rings (SSSR count). The van der Waals surface area contributed by atoms with Gasteiger partial charge in [0, 0.05) is 24.6 Å². The lowest BCUT2D eigenvalue weighted by molar-refractivity contribution is 0.305. The fraction of sp³-hybridized carbons (Fsp3) is 0.375. The van der Waals surface area contributed by atoms with Crippen molar-refractivity contribution < 1.29 is 12.9 Å². The molecule has 0 aliphatic rings. The monoisotopic (exact) mass is 216 g/mol. The maximum atomic E-state index is 10.1. The largest absolute Gasteiger partial charge is 0.385 e. The minimum absolute atomic E-state index is 0.265. The Morgan fingerprint density at radius 1 is 1.50 bits per heavy atom. The lowest BCUT2D eigenvalue weighted by Gasteiger charge is -2.04. The third kappa shape index (κ3) is 4.90. The van der Waals surface area contributed by atoms with Crippen molar-refractivity contribution in [3.8, 4) is 0 Å². The quantitative estimate of drug-likeness (QED) is 0.549. The van der Waals surface area contributed by atoms with Crippen molar-refractivity contribution in [2.45, 2.75) is 6.42 Å². The first-order valence-corrected chi connectivity index (χ1v) is 5.20. The number of anilines is 1. The number of rotatable bonds is 6. The average Bonchev–Trinajstić information content (AvgIpc) is 2.18. The van der Waals surface area contributed by atoms with Gasteiger partial charge in [0.15, 0.2) is 0 Å². The molecule has 0 amide bonds. The van der Waals surface area contributed by atoms with Crippen LogP contribution in [-0.4, -0.2) is 26.9 Å². The molecule has 0 aromatic carbocycles. The molecule has 0 saturated carbocycles. The van der Waals surface area contributed by atoms with Gasteiger partial charge in [-0.05, 0) is 18.6 Å². The number of aromatic nitrogens is 1. The molecule has 1 unspecified atom stereocenters. The van der Waals surface area contributed by atoms with Crippen LogP contribution in [0, 0.1) is 0 Å². The lowest BCUT2D eigenvalue weighted by Crippen LogP contribution is -2.06. The molecule has 6 heteroatoms. The van der Waals surface area contributed by atoms with Crippen LogP contribution in [0.15, 0.2) is 24.5 Å². The summed E-state index contributed by atoms with van der Waals surface area (Å²) in [5.74, 6) is 0. The fourth-order valence-electron chi connectivity index (χ4n) is 0.905. The minimum Gasteiger partial charge on any atom is -0.385 e. The van der Waals surface area contributed by atoms with Crippen LogP contribution >= 0.6 is 0 Å². The predicted molar refractivity (Wildman–Crippen MR) is 54.1 cm³/mol. The molecule has 0 bridgehead atoms. The molecule has 1 heterocycles. The van der Waals surface area contributed by atoms with E-state index in [0.717, 1.165) is 5.69 Å². The highest BCUT2D eigenvalue weighted by atomic mass is 32.2. The van der Waals surface area contributed by atoms with Crippen LogP contribution in [0.4, 0.5) is 5.69 Å². The first kappa shape index (κ1) is 11.1. The van der Waals surface area contributed by atoms with Crippen molar-refractivity contribution in [2.75, 3.05) is 18.5 Å². The molecule has 5 nitrogen and oxygen atoms in total. The smallest absolute Gasteiger partial charge is 0.301 e. The van der Waals surface area contributed by atoms with Crippen LogP contribution in [0.3, 0.4) is 0 Å². The summed E-state index contributed by atoms with van der Waals surface area (Å²) < 4.78 is 22.8. The highest BCUT2D eigenvalue weighted by molar-refractivity contribution is 7.74. The molecule has 0 aliphatic carbocycles. The second kappa shape index (κ2) is 6.47. The van der Waals surface area contributed by atoms with E-state index < -0.39 is 11.4 Å². The summed E-state index contributed by atoms with van der Waals surface area (Å²) in [6.07, 6.45) is 4.07. The van der Waals surface area contributed by atoms with Crippen LogP contribution in [0.1, 0.15) is 6.42 Å². The zero-order chi connectivity index (χ0) is 10.2. The van der Waals surface area contributed by atoms with Crippen LogP contribution < -0.4 is 5.32 Å². The van der Waals surface area contributed by atoms with Gasteiger partial charge in [0.1, 0.15) is 0 Å². The number of hydrogen-bond donors (Lipinski definition) is 2. The maximum Gasteiger partial charge on any atom is 0.301 e. The molecule has 0 fully saturated rings. The summed E-state index contributed by atoms with van der Waals surface area (Å²) in [6, 6.07) is 3.70. The topological polar surface area (TPSA) is 71.5 Å². The van der Waals surface area contributed by atoms with Crippen molar-refractivity contribution in [3.63, 3.8) is 0 Å². The SMILES string of the molecule is O=S(O)OCCCNc1ccncc1. The van der Waals surface area contributed by atoms with E-state index in [2.05, 4.69) is 14.5 Å². The number of nitrogens with zero attached hydrogens (tertiary/aromatic N) is 1. The van der Waals surface area contributed by atoms with Crippen molar-refractivity contribution in [1.82, 2.24) is 4.98 Å². The lowest BCUT2D eigenvalue weighted by atomic mass is 10.4. The molecule has 0 radical (unpaired) electrons. The maximum absolute atomic E-state index is 10.1. The van der Waals surface area contributed by atoms with Gasteiger partial charge in [-0.1, -0.05) is 0 Å². The average molecular weight is 216 g/mol. The van der Waals surface area contributed by atoms with Gasteiger partial charge >= 0.3 is 11.4 Å². The van der Waals surface area contributed by atoms with Gasteiger partial charge in [-0.3, -0.25) is 13.7 Å². The molecule has 1 aromatic rings. The number of nitrogens with one attached hydrogen (secondary N) is 1. The molecule has 0 aliphatic heterocycles. The van der Waals surface area contributed by atoms with E-state index >= 15 is 0 Å². The van der Waals surface area contributed by atoms with Crippen molar-refractivity contribution >= 4 is 17.0 Å². The van der Waals surface area contributed by atoms with E-state index in [4.69, 9.17) is 4.55 Å². The van der Waals surface area contributed by atoms with E-state index in [-0.39, 0.29) is 6.61 Å². The van der Waals surface area contributed by atoms with Crippen LogP contribution in [0.5, 0.6) is 0 Å². The Balaban J connectivity index is 2.08. The fourth-order valence-corrected chi connectivity index (χ4v) is 1.17. The molecule has 0 spiro atoms. The molecular weight excluding hydrogens is 204 g/mol. The highest BCUT2D eigenvalue weighted by Gasteiger charge is 1.93. The summed E-state index contributed by atoms with van der Waals surface area (Å²) in [6.45, 7) is 0.961. The van der Waals surface area contributed by atoms with Gasteiger partial charge in [0.05, 0.1) is 6.61 Å². The Morgan fingerprint density at radius 2 is 2.21 bits per heavy atom. The summed E-state index contributed by atoms with van der Waals surface area (Å²) in [5, 5.41) is 3.12. The van der Waals surface area contributed by atoms with Crippen LogP contribution in [0.2, 0.25) is 0 Å². The van der Waals surface area contributed by atoms with Crippen LogP contribution in [0.25, 0.3) is 0 Å². The molecule has 1 atom stereocenters. The van der Waals surface area contributed by atoms with E-state index in [9.17, 15) is 4.21 Å². The molecule has 78 valence electrons. The van der Waals surface area contributed by atoms with E-state index in [1.54, 1.807) is 12.4 Å². The van der Waals surface area contributed by atoms with Gasteiger partial charge < -0.3 is 5.32 Å². The Morgan fingerprint density at radius 3 is 2.86 bits per heavy atom.